The van der Waals surface area contributed by atoms with Crippen molar-refractivity contribution in [1.29, 1.82) is 0 Å². The van der Waals surface area contributed by atoms with E-state index in [1.165, 1.54) is 0 Å². The number of hydrogen-bond donors (Lipinski definition) is 0. The van der Waals surface area contributed by atoms with Crippen LogP contribution in [0.1, 0.15) is 22.3 Å². The Morgan fingerprint density at radius 2 is 0.694 bits per heavy atom. The molecule has 0 N–H and O–H groups in total. The second-order valence-electron chi connectivity index (χ2n) is 11.2. The zero-order valence-electron chi connectivity index (χ0n) is 23.7. The minimum atomic E-state index is -2.15. The van der Waals surface area contributed by atoms with Crippen molar-refractivity contribution in [2.75, 3.05) is 0 Å². The molecule has 8 nitrogen and oxygen atoms in total. The van der Waals surface area contributed by atoms with E-state index in [4.69, 9.17) is 123 Å². The first-order chi connectivity index (χ1) is 23.6. The van der Waals surface area contributed by atoms with Crippen LogP contribution in [-0.4, -0.2) is 50.6 Å². The zero-order chi connectivity index (χ0) is 33.6. The van der Waals surface area contributed by atoms with Crippen LogP contribution in [0.2, 0.25) is 40.2 Å². The summed E-state index contributed by atoms with van der Waals surface area (Å²) in [4.78, 5) is 30.5. The van der Waals surface area contributed by atoms with Crippen molar-refractivity contribution in [1.82, 2.24) is 5.58 Å². The number of aromatic nitrogens is 2. The summed E-state index contributed by atoms with van der Waals surface area (Å²) < 4.78 is 4.13. The summed E-state index contributed by atoms with van der Waals surface area (Å²) in [5.41, 5.74) is 3.26. The van der Waals surface area contributed by atoms with Gasteiger partial charge in [0.1, 0.15) is 0 Å². The third kappa shape index (κ3) is 4.39. The fraction of sp³-hybridized carbons (Fsp3) is 0. The predicted molar refractivity (Wildman–Crippen MR) is 201 cm³/mol. The average molecular weight is 907 g/mol. The van der Waals surface area contributed by atoms with Gasteiger partial charge in [0.2, 0.25) is 0 Å². The first-order valence-corrected chi connectivity index (χ1v) is 19.7. The number of hydrogen-bond acceptors (Lipinski definition) is 6. The van der Waals surface area contributed by atoms with E-state index < -0.39 is 21.7 Å². The fourth-order valence-corrected chi connectivity index (χ4v) is 11.6. The summed E-state index contributed by atoms with van der Waals surface area (Å²) >= 11 is 51.8. The van der Waals surface area contributed by atoms with E-state index in [1.54, 1.807) is 48.5 Å². The third-order valence-corrected chi connectivity index (χ3v) is 14.8. The van der Waals surface area contributed by atoms with Gasteiger partial charge in [-0.2, -0.15) is 0 Å². The van der Waals surface area contributed by atoms with Crippen LogP contribution in [0.4, 0.5) is 11.6 Å². The van der Waals surface area contributed by atoms with Gasteiger partial charge in [0.15, 0.2) is 0 Å². The maximum atomic E-state index is 6.83. The number of fused-ring (bicyclic) bond motifs is 14. The predicted octanol–water partition coefficient (Wildman–Crippen LogP) is 9.70. The van der Waals surface area contributed by atoms with Gasteiger partial charge in [-0.1, -0.05) is 0 Å². The summed E-state index contributed by atoms with van der Waals surface area (Å²) in [6.07, 6.45) is 0. The van der Waals surface area contributed by atoms with Crippen LogP contribution in [0, 0.1) is 0 Å². The van der Waals surface area contributed by atoms with Gasteiger partial charge >= 0.3 is 328 Å². The minimum absolute atomic E-state index is 0.329. The van der Waals surface area contributed by atoms with Crippen molar-refractivity contribution in [3.63, 3.8) is 0 Å². The Morgan fingerprint density at radius 1 is 0.367 bits per heavy atom. The van der Waals surface area contributed by atoms with Crippen LogP contribution in [0.15, 0.2) is 78.5 Å². The van der Waals surface area contributed by atoms with E-state index in [0.717, 1.165) is 0 Å². The summed E-state index contributed by atoms with van der Waals surface area (Å²) in [6.45, 7) is 0. The third-order valence-electron chi connectivity index (χ3n) is 8.50. The Balaban J connectivity index is 1.50. The van der Waals surface area contributed by atoms with Gasteiger partial charge in [-0.05, 0) is 0 Å². The van der Waals surface area contributed by atoms with Crippen LogP contribution in [0.3, 0.4) is 0 Å². The maximum absolute atomic E-state index is 6.83. The van der Waals surface area contributed by atoms with Gasteiger partial charge in [-0.25, -0.2) is 0 Å². The molecule has 10 rings (SSSR count). The molecule has 49 heavy (non-hydrogen) atoms. The summed E-state index contributed by atoms with van der Waals surface area (Å²) in [5.74, 6) is 2.39. The van der Waals surface area contributed by atoms with Crippen LogP contribution in [-0.2, 0) is 0 Å². The average Bonchev–Trinajstić information content (AvgIpc) is 3.76. The molecule has 2 aromatic heterocycles. The monoisotopic (exact) mass is 904 g/mol. The number of nitrogens with zero attached hydrogens (tertiary/aromatic N) is 8. The Labute approximate surface area is 325 Å². The molecule has 0 unspecified atom stereocenters. The second kappa shape index (κ2) is 10.9. The summed E-state index contributed by atoms with van der Waals surface area (Å²) in [7, 11) is 0. The summed E-state index contributed by atoms with van der Waals surface area (Å²) in [5, 5.41) is 5.76. The topological polar surface area (TPSA) is 84.0 Å². The Morgan fingerprint density at radius 3 is 1.06 bits per heavy atom. The first-order valence-electron chi connectivity index (χ1n) is 14.2. The van der Waals surface area contributed by atoms with E-state index in [-0.39, 0.29) is 0 Å². The second-order valence-corrected chi connectivity index (χ2v) is 17.6. The SMILES string of the molecule is Clc1cc2c3[n]4c(c2cc1Cl)N=C1N=C(N=c2c5cc(Cl)c(Cl)cc5c([n]2[Sn]4)=NC2=NC(=N3)c3c(Cl)ccc(Cl)c32)c2c(Cl)ccc(Cl)c21. The van der Waals surface area contributed by atoms with Gasteiger partial charge in [0, 0.05) is 0 Å². The number of aliphatic imine (C=N–C) groups is 4. The molecule has 2 radical (unpaired) electrons. The Hall–Kier alpha value is -2.64. The molecular weight excluding hydrogens is 899 g/mol. The fourth-order valence-electron chi connectivity index (χ4n) is 6.37. The quantitative estimate of drug-likeness (QED) is 0.136. The van der Waals surface area contributed by atoms with Crippen molar-refractivity contribution in [3.05, 3.63) is 122 Å². The van der Waals surface area contributed by atoms with E-state index in [0.29, 0.717) is 130 Å². The molecule has 236 valence electrons. The summed E-state index contributed by atoms with van der Waals surface area (Å²) in [6, 6.07) is 13.9. The van der Waals surface area contributed by atoms with Gasteiger partial charge in [-0.3, -0.25) is 0 Å². The molecule has 0 atom stereocenters. The zero-order valence-corrected chi connectivity index (χ0v) is 32.6. The molecular formula is C32H8Cl8N8Sn. The molecule has 0 saturated heterocycles. The normalized spacial score (nSPS) is 15.3. The van der Waals surface area contributed by atoms with Crippen molar-refractivity contribution in [2.45, 2.75) is 0 Å². The van der Waals surface area contributed by atoms with E-state index in [2.05, 4.69) is 5.58 Å². The standard InChI is InChI=1S/C32H8Cl8N8.Sn/c33-13-1-2-14(34)22-21(13)29-43-25-9-5-17(37)18(38)6-10(9)27(41-25)45-31-23-15(35)3-4-16(36)24(23)32(48-31)46-28-12-8-20(40)19(39)7-11(12)26(42-28)44-30(22)47-29;/h1-8H;/q-2;+2. The van der Waals surface area contributed by atoms with Crippen molar-refractivity contribution in [2.24, 2.45) is 30.0 Å². The van der Waals surface area contributed by atoms with Crippen molar-refractivity contribution in [3.8, 4) is 0 Å². The van der Waals surface area contributed by atoms with Crippen LogP contribution >= 0.6 is 92.8 Å². The van der Waals surface area contributed by atoms with Gasteiger partial charge in [-0.15, -0.1) is 0 Å². The molecule has 0 amide bonds. The van der Waals surface area contributed by atoms with Crippen LogP contribution in [0.25, 0.3) is 21.5 Å². The molecule has 17 heteroatoms. The molecule has 4 aliphatic rings. The van der Waals surface area contributed by atoms with Crippen LogP contribution in [0.5, 0.6) is 0 Å². The van der Waals surface area contributed by atoms with E-state index in [1.807, 2.05) is 0 Å². The molecule has 0 aliphatic carbocycles. The Kier molecular flexibility index (Phi) is 6.94. The number of halogens is 8. The van der Waals surface area contributed by atoms with Gasteiger partial charge in [0.25, 0.3) is 0 Å². The molecule has 0 spiro atoms. The van der Waals surface area contributed by atoms with Crippen molar-refractivity contribution < 1.29 is 0 Å². The van der Waals surface area contributed by atoms with E-state index >= 15 is 0 Å². The van der Waals surface area contributed by atoms with Gasteiger partial charge in [0.05, 0.1) is 0 Å². The first kappa shape index (κ1) is 31.1. The van der Waals surface area contributed by atoms with E-state index in [9.17, 15) is 0 Å². The number of amidine groups is 4. The molecule has 0 fully saturated rings. The Bertz CT molecular complexity index is 2710. The molecule has 4 aliphatic heterocycles. The number of rotatable bonds is 0. The number of benzene rings is 4. The molecule has 6 bridgehead atoms. The molecule has 6 aromatic rings. The van der Waals surface area contributed by atoms with Crippen LogP contribution < -0.4 is 11.0 Å². The van der Waals surface area contributed by atoms with Crippen molar-refractivity contribution >= 4 is 171 Å². The molecule has 6 heterocycles. The molecule has 4 aromatic carbocycles. The molecule has 0 saturated carbocycles. The van der Waals surface area contributed by atoms with Gasteiger partial charge < -0.3 is 0 Å².